The van der Waals surface area contributed by atoms with Gasteiger partial charge in [0.25, 0.3) is 0 Å². The second kappa shape index (κ2) is 5.53. The van der Waals surface area contributed by atoms with Crippen molar-refractivity contribution in [3.8, 4) is 0 Å². The molecule has 0 radical (unpaired) electrons. The number of nitrogens with zero attached hydrogens (tertiary/aromatic N) is 3. The lowest BCUT2D eigenvalue weighted by Gasteiger charge is -2.22. The highest BCUT2D eigenvalue weighted by Crippen LogP contribution is 2.28. The van der Waals surface area contributed by atoms with Crippen LogP contribution in [0.15, 0.2) is 35.6 Å². The van der Waals surface area contributed by atoms with E-state index in [4.69, 9.17) is 16.0 Å². The zero-order valence-electron chi connectivity index (χ0n) is 10.6. The molecular formula is C13H16N4O2. The molecule has 0 aliphatic heterocycles. The third kappa shape index (κ3) is 2.43. The first kappa shape index (κ1) is 13.1. The van der Waals surface area contributed by atoms with Crippen molar-refractivity contribution in [1.29, 1.82) is 0 Å². The maximum absolute atomic E-state index is 9.09. The van der Waals surface area contributed by atoms with Gasteiger partial charge < -0.3 is 20.9 Å². The molecular weight excluding hydrogens is 244 g/mol. The van der Waals surface area contributed by atoms with Crippen molar-refractivity contribution in [2.75, 3.05) is 25.1 Å². The number of aliphatic hydroxyl groups is 1. The van der Waals surface area contributed by atoms with Gasteiger partial charge in [-0.2, -0.15) is 0 Å². The van der Waals surface area contributed by atoms with Gasteiger partial charge in [0.2, 0.25) is 0 Å². The van der Waals surface area contributed by atoms with E-state index < -0.39 is 0 Å². The fourth-order valence-corrected chi connectivity index (χ4v) is 2.04. The molecule has 0 bridgehead atoms. The molecule has 2 rings (SSSR count). The first-order valence-electron chi connectivity index (χ1n) is 5.86. The van der Waals surface area contributed by atoms with E-state index in [0.717, 1.165) is 16.6 Å². The van der Waals surface area contributed by atoms with Crippen LogP contribution in [0.1, 0.15) is 5.56 Å². The average Bonchev–Trinajstić information content (AvgIpc) is 2.45. The summed E-state index contributed by atoms with van der Waals surface area (Å²) in [6.45, 7) is 0.461. The van der Waals surface area contributed by atoms with Crippen LogP contribution < -0.4 is 10.6 Å². The number of amidine groups is 1. The van der Waals surface area contributed by atoms with Crippen molar-refractivity contribution in [3.63, 3.8) is 0 Å². The Morgan fingerprint density at radius 2 is 2.16 bits per heavy atom. The van der Waals surface area contributed by atoms with Crippen LogP contribution in [-0.4, -0.2) is 41.3 Å². The van der Waals surface area contributed by atoms with Crippen molar-refractivity contribution < 1.29 is 10.3 Å². The highest BCUT2D eigenvalue weighted by atomic mass is 16.4. The Bertz CT molecular complexity index is 613. The minimum Gasteiger partial charge on any atom is -0.409 e. The number of aromatic nitrogens is 1. The quantitative estimate of drug-likeness (QED) is 0.326. The van der Waals surface area contributed by atoms with Gasteiger partial charge in [-0.05, 0) is 6.07 Å². The second-order valence-corrected chi connectivity index (χ2v) is 4.17. The molecule has 0 spiro atoms. The number of aliphatic hydroxyl groups excluding tert-OH is 1. The molecule has 2 aromatic rings. The van der Waals surface area contributed by atoms with E-state index in [1.54, 1.807) is 6.20 Å². The molecule has 0 atom stereocenters. The summed E-state index contributed by atoms with van der Waals surface area (Å²) >= 11 is 0. The van der Waals surface area contributed by atoms with Crippen LogP contribution in [0.4, 0.5) is 5.69 Å². The van der Waals surface area contributed by atoms with Crippen LogP contribution in [-0.2, 0) is 0 Å². The number of pyridine rings is 1. The molecule has 4 N–H and O–H groups in total. The normalized spacial score (nSPS) is 11.8. The summed E-state index contributed by atoms with van der Waals surface area (Å²) < 4.78 is 0. The first-order valence-corrected chi connectivity index (χ1v) is 5.86. The molecule has 0 aliphatic rings. The van der Waals surface area contributed by atoms with E-state index in [-0.39, 0.29) is 12.4 Å². The van der Waals surface area contributed by atoms with Gasteiger partial charge in [0, 0.05) is 25.2 Å². The maximum atomic E-state index is 9.09. The van der Waals surface area contributed by atoms with E-state index in [1.165, 1.54) is 0 Å². The SMILES string of the molecule is CN(CCO)c1c(/C(N)=N/O)cnc2ccccc12. The fourth-order valence-electron chi connectivity index (χ4n) is 2.04. The maximum Gasteiger partial charge on any atom is 0.173 e. The molecule has 1 aromatic carbocycles. The predicted octanol–water partition coefficient (Wildman–Crippen LogP) is 0.758. The second-order valence-electron chi connectivity index (χ2n) is 4.17. The molecule has 0 fully saturated rings. The Kier molecular flexibility index (Phi) is 3.82. The van der Waals surface area contributed by atoms with Crippen LogP contribution in [0.5, 0.6) is 0 Å². The lowest BCUT2D eigenvalue weighted by Crippen LogP contribution is -2.26. The summed E-state index contributed by atoms with van der Waals surface area (Å²) in [5.74, 6) is -0.00181. The number of likely N-dealkylation sites (N-methyl/N-ethyl adjacent to an activating group) is 1. The predicted molar refractivity (Wildman–Crippen MR) is 74.6 cm³/mol. The third-order valence-corrected chi connectivity index (χ3v) is 2.95. The molecule has 1 aromatic heterocycles. The largest absolute Gasteiger partial charge is 0.409 e. The van der Waals surface area contributed by atoms with Crippen LogP contribution in [0.2, 0.25) is 0 Å². The zero-order valence-corrected chi connectivity index (χ0v) is 10.6. The lowest BCUT2D eigenvalue weighted by molar-refractivity contribution is 0.304. The number of fused-ring (bicyclic) bond motifs is 1. The number of rotatable bonds is 4. The van der Waals surface area contributed by atoms with Crippen molar-refractivity contribution >= 4 is 22.4 Å². The van der Waals surface area contributed by atoms with Gasteiger partial charge in [0.1, 0.15) is 0 Å². The molecule has 100 valence electrons. The van der Waals surface area contributed by atoms with Crippen LogP contribution in [0.25, 0.3) is 10.9 Å². The topological polar surface area (TPSA) is 95.0 Å². The highest BCUT2D eigenvalue weighted by molar-refractivity contribution is 6.08. The van der Waals surface area contributed by atoms with Crippen molar-refractivity contribution in [3.05, 3.63) is 36.0 Å². The third-order valence-electron chi connectivity index (χ3n) is 2.95. The van der Waals surface area contributed by atoms with Crippen LogP contribution in [0, 0.1) is 0 Å². The lowest BCUT2D eigenvalue weighted by atomic mass is 10.1. The number of para-hydroxylation sites is 1. The van der Waals surface area contributed by atoms with Gasteiger partial charge in [0.05, 0.1) is 23.4 Å². The summed E-state index contributed by atoms with van der Waals surface area (Å²) in [6, 6.07) is 7.60. The molecule has 0 aliphatic carbocycles. The molecule has 0 unspecified atom stereocenters. The van der Waals surface area contributed by atoms with Gasteiger partial charge in [-0.15, -0.1) is 0 Å². The summed E-state index contributed by atoms with van der Waals surface area (Å²) in [6.07, 6.45) is 1.57. The molecule has 19 heavy (non-hydrogen) atoms. The molecule has 0 saturated heterocycles. The standard InChI is InChI=1S/C13H16N4O2/c1-17(6-7-18)12-9-4-2-3-5-11(9)15-8-10(12)13(14)16-19/h2-5,8,18-19H,6-7H2,1H3,(H2,14,16). The van der Waals surface area contributed by atoms with Gasteiger partial charge in [-0.25, -0.2) is 0 Å². The summed E-state index contributed by atoms with van der Waals surface area (Å²) in [4.78, 5) is 6.15. The highest BCUT2D eigenvalue weighted by Gasteiger charge is 2.15. The van der Waals surface area contributed by atoms with E-state index >= 15 is 0 Å². The van der Waals surface area contributed by atoms with Gasteiger partial charge in [-0.3, -0.25) is 4.98 Å². The Hall–Kier alpha value is -2.34. The minimum atomic E-state index is -0.00181. The molecule has 1 heterocycles. The number of hydrogen-bond donors (Lipinski definition) is 3. The Labute approximate surface area is 110 Å². The number of benzene rings is 1. The van der Waals surface area contributed by atoms with E-state index in [9.17, 15) is 0 Å². The van der Waals surface area contributed by atoms with Crippen LogP contribution in [0.3, 0.4) is 0 Å². The Balaban J connectivity index is 2.71. The first-order chi connectivity index (χ1) is 9.19. The fraction of sp³-hybridized carbons (Fsp3) is 0.231. The number of hydrogen-bond acceptors (Lipinski definition) is 5. The molecule has 6 nitrogen and oxygen atoms in total. The van der Waals surface area contributed by atoms with Crippen LogP contribution >= 0.6 is 0 Å². The van der Waals surface area contributed by atoms with Gasteiger partial charge in [0.15, 0.2) is 5.84 Å². The van der Waals surface area contributed by atoms with E-state index in [1.807, 2.05) is 36.2 Å². The molecule has 6 heteroatoms. The summed E-state index contributed by atoms with van der Waals surface area (Å²) in [5, 5.41) is 21.9. The Morgan fingerprint density at radius 3 is 2.84 bits per heavy atom. The molecule has 0 amide bonds. The van der Waals surface area contributed by atoms with Crippen molar-refractivity contribution in [2.24, 2.45) is 10.9 Å². The number of anilines is 1. The molecule has 0 saturated carbocycles. The summed E-state index contributed by atoms with van der Waals surface area (Å²) in [7, 11) is 1.84. The van der Waals surface area contributed by atoms with E-state index in [0.29, 0.717) is 12.1 Å². The Morgan fingerprint density at radius 1 is 1.42 bits per heavy atom. The van der Waals surface area contributed by atoms with Gasteiger partial charge >= 0.3 is 0 Å². The van der Waals surface area contributed by atoms with E-state index in [2.05, 4.69) is 10.1 Å². The van der Waals surface area contributed by atoms with Crippen molar-refractivity contribution in [2.45, 2.75) is 0 Å². The monoisotopic (exact) mass is 260 g/mol. The summed E-state index contributed by atoms with van der Waals surface area (Å²) in [5.41, 5.74) is 7.83. The van der Waals surface area contributed by atoms with Gasteiger partial charge in [-0.1, -0.05) is 23.4 Å². The number of nitrogens with two attached hydrogens (primary N) is 1. The minimum absolute atomic E-state index is 0.00181. The number of oxime groups is 1. The smallest absolute Gasteiger partial charge is 0.173 e. The van der Waals surface area contributed by atoms with Crippen molar-refractivity contribution in [1.82, 2.24) is 4.98 Å². The average molecular weight is 260 g/mol. The zero-order chi connectivity index (χ0) is 13.8.